The Morgan fingerprint density at radius 1 is 0.621 bits per heavy atom. The van der Waals surface area contributed by atoms with Crippen LogP contribution >= 0.6 is 0 Å². The summed E-state index contributed by atoms with van der Waals surface area (Å²) < 4.78 is 0. The summed E-state index contributed by atoms with van der Waals surface area (Å²) in [7, 11) is 0. The van der Waals surface area contributed by atoms with Gasteiger partial charge in [0.05, 0.1) is 5.69 Å². The molecule has 138 valence electrons. The highest BCUT2D eigenvalue weighted by molar-refractivity contribution is 6.37. The second-order valence-electron chi connectivity index (χ2n) is 6.87. The summed E-state index contributed by atoms with van der Waals surface area (Å²) in [6, 6.07) is 26.4. The van der Waals surface area contributed by atoms with Crippen LogP contribution in [0.2, 0.25) is 0 Å². The lowest BCUT2D eigenvalue weighted by atomic mass is 9.88. The van der Waals surface area contributed by atoms with Crippen LogP contribution in [0.15, 0.2) is 91.0 Å². The van der Waals surface area contributed by atoms with Crippen LogP contribution in [0.3, 0.4) is 0 Å². The third kappa shape index (κ3) is 2.57. The maximum atomic E-state index is 13.2. The maximum absolute atomic E-state index is 13.2. The third-order valence-electron chi connectivity index (χ3n) is 5.20. The molecule has 4 nitrogen and oxygen atoms in total. The average molecular weight is 377 g/mol. The Morgan fingerprint density at radius 3 is 1.93 bits per heavy atom. The van der Waals surface area contributed by atoms with Gasteiger partial charge in [0.2, 0.25) is 0 Å². The zero-order valence-corrected chi connectivity index (χ0v) is 15.3. The van der Waals surface area contributed by atoms with Crippen LogP contribution in [-0.2, 0) is 0 Å². The van der Waals surface area contributed by atoms with Crippen LogP contribution in [0.25, 0.3) is 10.8 Å². The number of benzene rings is 4. The lowest BCUT2D eigenvalue weighted by Crippen LogP contribution is -2.40. The van der Waals surface area contributed by atoms with Crippen molar-refractivity contribution in [3.05, 3.63) is 113 Å². The highest BCUT2D eigenvalue weighted by Crippen LogP contribution is 2.35. The molecule has 0 spiro atoms. The largest absolute Gasteiger partial charge is 0.289 e. The van der Waals surface area contributed by atoms with Gasteiger partial charge in [0.15, 0.2) is 5.78 Å². The van der Waals surface area contributed by atoms with Crippen molar-refractivity contribution in [3.8, 4) is 0 Å². The van der Waals surface area contributed by atoms with Gasteiger partial charge in [-0.2, -0.15) is 0 Å². The predicted octanol–water partition coefficient (Wildman–Crippen LogP) is 4.87. The summed E-state index contributed by atoms with van der Waals surface area (Å²) in [4.78, 5) is 40.6. The molecule has 0 aliphatic carbocycles. The lowest BCUT2D eigenvalue weighted by molar-refractivity contribution is 0.0892. The highest BCUT2D eigenvalue weighted by Gasteiger charge is 2.34. The number of carbonyl (C=O) groups is 3. The molecule has 29 heavy (non-hydrogen) atoms. The van der Waals surface area contributed by atoms with Gasteiger partial charge in [-0.1, -0.05) is 60.7 Å². The molecule has 0 unspecified atom stereocenters. The molecule has 0 saturated heterocycles. The number of carbonyl (C=O) groups excluding carboxylic acids is 3. The van der Waals surface area contributed by atoms with Crippen molar-refractivity contribution in [2.24, 2.45) is 0 Å². The van der Waals surface area contributed by atoms with Crippen molar-refractivity contribution in [3.63, 3.8) is 0 Å². The van der Waals surface area contributed by atoms with Crippen molar-refractivity contribution < 1.29 is 14.4 Å². The Labute approximate surface area is 167 Å². The molecule has 0 saturated carbocycles. The molecule has 4 aromatic rings. The summed E-state index contributed by atoms with van der Waals surface area (Å²) in [5.74, 6) is -0.910. The zero-order valence-electron chi connectivity index (χ0n) is 15.3. The number of para-hydroxylation sites is 1. The summed E-state index contributed by atoms with van der Waals surface area (Å²) in [6.45, 7) is 0. The number of hydrogen-bond acceptors (Lipinski definition) is 3. The summed E-state index contributed by atoms with van der Waals surface area (Å²) in [5.41, 5.74) is 2.40. The van der Waals surface area contributed by atoms with E-state index in [1.165, 1.54) is 4.90 Å². The van der Waals surface area contributed by atoms with Crippen LogP contribution in [0.4, 0.5) is 5.69 Å². The topological polar surface area (TPSA) is 54.5 Å². The Bertz CT molecular complexity index is 1270. The summed E-state index contributed by atoms with van der Waals surface area (Å²) in [5, 5.41) is 1.15. The van der Waals surface area contributed by atoms with E-state index in [1.54, 1.807) is 66.7 Å². The van der Waals surface area contributed by atoms with Crippen molar-refractivity contribution in [2.45, 2.75) is 0 Å². The van der Waals surface area contributed by atoms with Crippen molar-refractivity contribution in [1.82, 2.24) is 0 Å². The predicted molar refractivity (Wildman–Crippen MR) is 111 cm³/mol. The minimum Gasteiger partial charge on any atom is -0.289 e. The maximum Gasteiger partial charge on any atom is 0.265 e. The molecule has 1 aliphatic rings. The first-order valence-corrected chi connectivity index (χ1v) is 9.26. The van der Waals surface area contributed by atoms with E-state index in [2.05, 4.69) is 0 Å². The van der Waals surface area contributed by atoms with E-state index < -0.39 is 0 Å². The fourth-order valence-electron chi connectivity index (χ4n) is 3.85. The van der Waals surface area contributed by atoms with E-state index >= 15 is 0 Å². The second kappa shape index (κ2) is 6.53. The number of imide groups is 1. The fourth-order valence-corrected chi connectivity index (χ4v) is 3.85. The average Bonchev–Trinajstić information content (AvgIpc) is 2.78. The van der Waals surface area contributed by atoms with Crippen LogP contribution in [-0.4, -0.2) is 17.6 Å². The third-order valence-corrected chi connectivity index (χ3v) is 5.20. The molecule has 0 radical (unpaired) electrons. The monoisotopic (exact) mass is 377 g/mol. The molecule has 0 atom stereocenters. The smallest absolute Gasteiger partial charge is 0.265 e. The number of amides is 2. The Hall–Kier alpha value is -4.05. The van der Waals surface area contributed by atoms with Gasteiger partial charge in [0.1, 0.15) is 0 Å². The fraction of sp³-hybridized carbons (Fsp3) is 0. The van der Waals surface area contributed by atoms with Crippen LogP contribution < -0.4 is 4.90 Å². The minimum atomic E-state index is -0.386. The SMILES string of the molecule is O=C(c1ccccc1)c1ccc2c3c(cccc13)C(=O)N(c1ccccc1)C2=O. The van der Waals surface area contributed by atoms with Crippen LogP contribution in [0, 0.1) is 0 Å². The van der Waals surface area contributed by atoms with Crippen molar-refractivity contribution in [1.29, 1.82) is 0 Å². The van der Waals surface area contributed by atoms with Gasteiger partial charge in [-0.15, -0.1) is 0 Å². The standard InChI is InChI=1S/C25H15NO3/c27-23(16-8-3-1-4-9-16)19-14-15-21-22-18(19)12-7-13-20(22)24(28)26(25(21)29)17-10-5-2-6-11-17/h1-15H. The zero-order chi connectivity index (χ0) is 20.0. The molecule has 0 aromatic heterocycles. The Balaban J connectivity index is 1.72. The quantitative estimate of drug-likeness (QED) is 0.378. The van der Waals surface area contributed by atoms with E-state index in [0.717, 1.165) is 0 Å². The lowest BCUT2D eigenvalue weighted by Gasteiger charge is -2.27. The van der Waals surface area contributed by atoms with E-state index in [4.69, 9.17) is 0 Å². The number of hydrogen-bond donors (Lipinski definition) is 0. The minimum absolute atomic E-state index is 0.139. The first-order valence-electron chi connectivity index (χ1n) is 9.26. The first-order chi connectivity index (χ1) is 14.2. The first kappa shape index (κ1) is 17.1. The second-order valence-corrected chi connectivity index (χ2v) is 6.87. The molecule has 2 amide bonds. The normalized spacial score (nSPS) is 13.0. The van der Waals surface area contributed by atoms with Gasteiger partial charge in [-0.25, -0.2) is 4.90 Å². The molecule has 5 rings (SSSR count). The molecule has 0 fully saturated rings. The number of nitrogens with zero attached hydrogens (tertiary/aromatic N) is 1. The van der Waals surface area contributed by atoms with Gasteiger partial charge in [0, 0.05) is 27.6 Å². The van der Waals surface area contributed by atoms with Gasteiger partial charge >= 0.3 is 0 Å². The van der Waals surface area contributed by atoms with Gasteiger partial charge in [-0.05, 0) is 35.7 Å². The van der Waals surface area contributed by atoms with Crippen LogP contribution in [0.5, 0.6) is 0 Å². The van der Waals surface area contributed by atoms with E-state index in [0.29, 0.717) is 38.7 Å². The Morgan fingerprint density at radius 2 is 1.24 bits per heavy atom. The van der Waals surface area contributed by atoms with E-state index in [9.17, 15) is 14.4 Å². The number of anilines is 1. The molecule has 1 heterocycles. The molecule has 4 heteroatoms. The van der Waals surface area contributed by atoms with Crippen molar-refractivity contribution >= 4 is 34.1 Å². The highest BCUT2D eigenvalue weighted by atomic mass is 16.2. The molecule has 4 aromatic carbocycles. The van der Waals surface area contributed by atoms with Gasteiger partial charge in [-0.3, -0.25) is 14.4 Å². The molecule has 1 aliphatic heterocycles. The van der Waals surface area contributed by atoms with Gasteiger partial charge < -0.3 is 0 Å². The van der Waals surface area contributed by atoms with E-state index in [-0.39, 0.29) is 17.6 Å². The number of rotatable bonds is 3. The summed E-state index contributed by atoms with van der Waals surface area (Å²) >= 11 is 0. The Kier molecular flexibility index (Phi) is 3.85. The van der Waals surface area contributed by atoms with E-state index in [1.807, 2.05) is 24.3 Å². The molecular formula is C25H15NO3. The van der Waals surface area contributed by atoms with Crippen LogP contribution in [0.1, 0.15) is 36.6 Å². The molecular weight excluding hydrogens is 362 g/mol. The molecule has 0 N–H and O–H groups in total. The number of ketones is 1. The molecule has 0 bridgehead atoms. The van der Waals surface area contributed by atoms with Gasteiger partial charge in [0.25, 0.3) is 11.8 Å². The summed E-state index contributed by atoms with van der Waals surface area (Å²) in [6.07, 6.45) is 0. The van der Waals surface area contributed by atoms with Crippen molar-refractivity contribution in [2.75, 3.05) is 4.90 Å².